The van der Waals surface area contributed by atoms with E-state index in [1.165, 1.54) is 16.9 Å². The van der Waals surface area contributed by atoms with Gasteiger partial charge in [0.05, 0.1) is 0 Å². The Morgan fingerprint density at radius 3 is 2.17 bits per heavy atom. The van der Waals surface area contributed by atoms with Crippen molar-refractivity contribution in [2.24, 2.45) is 5.92 Å². The molecule has 2 heterocycles. The van der Waals surface area contributed by atoms with E-state index in [0.717, 1.165) is 49.9 Å². The Kier molecular flexibility index (Phi) is 7.58. The van der Waals surface area contributed by atoms with Crippen molar-refractivity contribution in [1.82, 2.24) is 10.2 Å². The van der Waals surface area contributed by atoms with E-state index in [1.807, 2.05) is 35.2 Å². The molecule has 7 nitrogen and oxygen atoms in total. The number of carbonyl (C=O) groups is 2. The molecule has 2 bridgehead atoms. The van der Waals surface area contributed by atoms with Gasteiger partial charge in [-0.05, 0) is 67.9 Å². The molecule has 2 saturated heterocycles. The third kappa shape index (κ3) is 6.18. The fraction of sp³-hybridized carbons (Fsp3) is 0.440. The van der Waals surface area contributed by atoms with Gasteiger partial charge in [-0.15, -0.1) is 0 Å². The number of carbonyl (C=O) groups excluding carboxylic acids is 2. The second-order valence-electron chi connectivity index (χ2n) is 9.41. The summed E-state index contributed by atoms with van der Waals surface area (Å²) in [4.78, 5) is 28.1. The zero-order chi connectivity index (χ0) is 25.9. The number of nitrogens with zero attached hydrogens (tertiary/aromatic N) is 1. The lowest BCUT2D eigenvalue weighted by Gasteiger charge is -2.45. The molecule has 0 radical (unpaired) electrons. The molecule has 2 amide bonds. The summed E-state index contributed by atoms with van der Waals surface area (Å²) in [6.07, 6.45) is 4.88. The predicted octanol–water partition coefficient (Wildman–Crippen LogP) is 4.08. The minimum atomic E-state index is -5.56. The van der Waals surface area contributed by atoms with Crippen LogP contribution >= 0.6 is 0 Å². The van der Waals surface area contributed by atoms with E-state index in [9.17, 15) is 31.2 Å². The van der Waals surface area contributed by atoms with Crippen LogP contribution in [0.2, 0.25) is 0 Å². The number of alkyl halides is 3. The van der Waals surface area contributed by atoms with E-state index in [4.69, 9.17) is 0 Å². The van der Waals surface area contributed by atoms with E-state index >= 15 is 0 Å². The average Bonchev–Trinajstić information content (AvgIpc) is 2.84. The topological polar surface area (TPSA) is 95.6 Å². The molecule has 0 spiro atoms. The Labute approximate surface area is 208 Å². The summed E-state index contributed by atoms with van der Waals surface area (Å²) >= 11 is 0. The van der Waals surface area contributed by atoms with Gasteiger partial charge in [-0.25, -0.2) is 0 Å². The van der Waals surface area contributed by atoms with Crippen LogP contribution < -0.4 is 10.0 Å². The summed E-state index contributed by atoms with van der Waals surface area (Å²) < 4.78 is 61.8. The lowest BCUT2D eigenvalue weighted by molar-refractivity contribution is -0.139. The summed E-state index contributed by atoms with van der Waals surface area (Å²) in [5, 5.41) is 2.88. The first-order valence-corrected chi connectivity index (χ1v) is 13.3. The first kappa shape index (κ1) is 26.0. The molecular formula is C25H28F3N3O4S. The molecule has 194 valence electrons. The van der Waals surface area contributed by atoms with Crippen molar-refractivity contribution in [1.29, 1.82) is 0 Å². The SMILES string of the molecule is O=C(N[C@H](CC(=O)N1CC2CCC1CC2)Cc1ccccc1)c1ccc(NS(=O)(=O)C(F)(F)F)cc1. The second-order valence-corrected chi connectivity index (χ2v) is 11.1. The van der Waals surface area contributed by atoms with Crippen molar-refractivity contribution in [2.75, 3.05) is 11.3 Å². The number of halogens is 3. The molecule has 0 aromatic heterocycles. The van der Waals surface area contributed by atoms with E-state index in [0.29, 0.717) is 12.3 Å². The Morgan fingerprint density at radius 2 is 1.61 bits per heavy atom. The van der Waals surface area contributed by atoms with Gasteiger partial charge in [0.1, 0.15) is 0 Å². The van der Waals surface area contributed by atoms with Crippen LogP contribution in [-0.4, -0.2) is 49.3 Å². The maximum absolute atomic E-state index is 13.2. The highest BCUT2D eigenvalue weighted by molar-refractivity contribution is 7.93. The van der Waals surface area contributed by atoms with Crippen molar-refractivity contribution >= 4 is 27.5 Å². The van der Waals surface area contributed by atoms with Crippen LogP contribution in [0.5, 0.6) is 0 Å². The van der Waals surface area contributed by atoms with Crippen LogP contribution in [0.4, 0.5) is 18.9 Å². The Morgan fingerprint density at radius 1 is 0.972 bits per heavy atom. The zero-order valence-corrected chi connectivity index (χ0v) is 20.3. The number of nitrogens with one attached hydrogen (secondary N) is 2. The minimum absolute atomic E-state index is 0.00235. The van der Waals surface area contributed by atoms with Gasteiger partial charge in [0.25, 0.3) is 5.91 Å². The molecule has 11 heteroatoms. The summed E-state index contributed by atoms with van der Waals surface area (Å²) in [5.41, 5.74) is -4.69. The molecule has 3 aliphatic rings. The Hall–Kier alpha value is -3.08. The third-order valence-electron chi connectivity index (χ3n) is 6.82. The number of hydrogen-bond donors (Lipinski definition) is 2. The monoisotopic (exact) mass is 523 g/mol. The van der Waals surface area contributed by atoms with Gasteiger partial charge in [0, 0.05) is 36.3 Å². The predicted molar refractivity (Wildman–Crippen MR) is 129 cm³/mol. The number of fused-ring (bicyclic) bond motifs is 3. The maximum Gasteiger partial charge on any atom is 0.516 e. The molecule has 2 aromatic rings. The Balaban J connectivity index is 1.44. The van der Waals surface area contributed by atoms with Gasteiger partial charge < -0.3 is 10.2 Å². The largest absolute Gasteiger partial charge is 0.516 e. The van der Waals surface area contributed by atoms with E-state index in [-0.39, 0.29) is 29.6 Å². The highest BCUT2D eigenvalue weighted by atomic mass is 32.2. The van der Waals surface area contributed by atoms with Crippen molar-refractivity contribution in [3.05, 3.63) is 65.7 Å². The normalized spacial score (nSPS) is 20.6. The summed E-state index contributed by atoms with van der Waals surface area (Å²) in [6.45, 7) is 0.755. The van der Waals surface area contributed by atoms with Crippen LogP contribution in [-0.2, 0) is 21.2 Å². The van der Waals surface area contributed by atoms with Gasteiger partial charge in [-0.1, -0.05) is 30.3 Å². The molecular weight excluding hydrogens is 495 g/mol. The zero-order valence-electron chi connectivity index (χ0n) is 19.5. The van der Waals surface area contributed by atoms with Crippen molar-refractivity contribution in [2.45, 2.75) is 56.1 Å². The van der Waals surface area contributed by atoms with Gasteiger partial charge in [-0.3, -0.25) is 14.3 Å². The van der Waals surface area contributed by atoms with E-state index < -0.39 is 27.5 Å². The van der Waals surface area contributed by atoms with Crippen molar-refractivity contribution in [3.8, 4) is 0 Å². The molecule has 1 atom stereocenters. The molecule has 2 aliphatic heterocycles. The number of benzene rings is 2. The minimum Gasteiger partial charge on any atom is -0.348 e. The van der Waals surface area contributed by atoms with Gasteiger partial charge in [-0.2, -0.15) is 21.6 Å². The van der Waals surface area contributed by atoms with Crippen LogP contribution in [0.15, 0.2) is 54.6 Å². The second kappa shape index (κ2) is 10.5. The van der Waals surface area contributed by atoms with Crippen LogP contribution in [0.1, 0.15) is 48.0 Å². The molecule has 2 aromatic carbocycles. The molecule has 36 heavy (non-hydrogen) atoms. The Bertz CT molecular complexity index is 1180. The van der Waals surface area contributed by atoms with Crippen LogP contribution in [0, 0.1) is 5.92 Å². The fourth-order valence-electron chi connectivity index (χ4n) is 4.94. The molecule has 5 rings (SSSR count). The first-order valence-electron chi connectivity index (χ1n) is 11.9. The quantitative estimate of drug-likeness (QED) is 0.545. The van der Waals surface area contributed by atoms with Crippen molar-refractivity contribution in [3.63, 3.8) is 0 Å². The highest BCUT2D eigenvalue weighted by Crippen LogP contribution is 2.35. The summed E-state index contributed by atoms with van der Waals surface area (Å²) in [6, 6.07) is 13.8. The van der Waals surface area contributed by atoms with Crippen LogP contribution in [0.3, 0.4) is 0 Å². The van der Waals surface area contributed by atoms with Crippen LogP contribution in [0.25, 0.3) is 0 Å². The van der Waals surface area contributed by atoms with Gasteiger partial charge in [0.15, 0.2) is 0 Å². The van der Waals surface area contributed by atoms with E-state index in [1.54, 1.807) is 0 Å². The number of amides is 2. The third-order valence-corrected chi connectivity index (χ3v) is 7.93. The number of piperidine rings is 2. The maximum atomic E-state index is 13.2. The molecule has 3 fully saturated rings. The van der Waals surface area contributed by atoms with E-state index in [2.05, 4.69) is 5.32 Å². The first-order chi connectivity index (χ1) is 17.0. The number of rotatable bonds is 8. The average molecular weight is 524 g/mol. The number of anilines is 1. The number of sulfonamides is 1. The molecule has 0 unspecified atom stereocenters. The smallest absolute Gasteiger partial charge is 0.348 e. The lowest BCUT2D eigenvalue weighted by atomic mass is 9.79. The van der Waals surface area contributed by atoms with Gasteiger partial charge in [0.2, 0.25) is 5.91 Å². The summed E-state index contributed by atoms with van der Waals surface area (Å²) in [5.74, 6) is 0.0334. The molecule has 1 aliphatic carbocycles. The highest BCUT2D eigenvalue weighted by Gasteiger charge is 2.46. The molecule has 2 N–H and O–H groups in total. The van der Waals surface area contributed by atoms with Gasteiger partial charge >= 0.3 is 15.5 Å². The fourth-order valence-corrected chi connectivity index (χ4v) is 5.51. The number of hydrogen-bond acceptors (Lipinski definition) is 4. The standard InChI is InChI=1S/C25H28F3N3O4S/c26-25(27,28)36(34,35)30-20-10-8-19(9-11-20)24(33)29-21(14-17-4-2-1-3-5-17)15-23(32)31-16-18-6-12-22(31)13-7-18/h1-5,8-11,18,21-22,30H,6-7,12-16H2,(H,29,33)/t18?,21-,22?/m0/s1. The van der Waals surface area contributed by atoms with Crippen molar-refractivity contribution < 1.29 is 31.2 Å². The summed E-state index contributed by atoms with van der Waals surface area (Å²) in [7, 11) is -5.56. The lowest BCUT2D eigenvalue weighted by Crippen LogP contribution is -2.52. The molecule has 1 saturated carbocycles.